The highest BCUT2D eigenvalue weighted by Gasteiger charge is 2.27. The Morgan fingerprint density at radius 1 is 1.32 bits per heavy atom. The van der Waals surface area contributed by atoms with E-state index in [-0.39, 0.29) is 5.97 Å². The Hall–Kier alpha value is -1.51. The van der Waals surface area contributed by atoms with Crippen molar-refractivity contribution in [1.82, 2.24) is 0 Å². The number of aryl methyl sites for hydroxylation is 1. The fourth-order valence-corrected chi connectivity index (χ4v) is 3.24. The van der Waals surface area contributed by atoms with Gasteiger partial charge in [0.25, 0.3) is 0 Å². The molecule has 0 spiro atoms. The van der Waals surface area contributed by atoms with Crippen LogP contribution in [-0.4, -0.2) is 18.2 Å². The second kappa shape index (κ2) is 9.50. The summed E-state index contributed by atoms with van der Waals surface area (Å²) in [5.41, 5.74) is 2.04. The minimum Gasteiger partial charge on any atom is -0.507 e. The zero-order valence-corrected chi connectivity index (χ0v) is 14.4. The van der Waals surface area contributed by atoms with E-state index in [1.807, 2.05) is 32.0 Å². The summed E-state index contributed by atoms with van der Waals surface area (Å²) in [6.45, 7) is 6.26. The van der Waals surface area contributed by atoms with E-state index < -0.39 is 0 Å². The Balaban J connectivity index is 0.00000116. The van der Waals surface area contributed by atoms with Crippen LogP contribution in [0.25, 0.3) is 0 Å². The molecule has 0 saturated heterocycles. The summed E-state index contributed by atoms with van der Waals surface area (Å²) in [4.78, 5) is 11.1. The van der Waals surface area contributed by atoms with Crippen LogP contribution in [0.5, 0.6) is 5.75 Å². The minimum atomic E-state index is -0.190. The normalized spacial score (nSPS) is 20.2. The number of aromatic hydroxyl groups is 1. The zero-order valence-electron chi connectivity index (χ0n) is 14.4. The lowest BCUT2D eigenvalue weighted by Gasteiger charge is -2.19. The Kier molecular flexibility index (Phi) is 8.00. The number of carbonyl (C=O) groups excluding carboxylic acids is 1. The van der Waals surface area contributed by atoms with E-state index in [1.165, 1.54) is 26.4 Å². The number of esters is 1. The second-order valence-electron chi connectivity index (χ2n) is 5.80. The minimum absolute atomic E-state index is 0.190. The number of carbonyl (C=O) groups is 1. The summed E-state index contributed by atoms with van der Waals surface area (Å²) in [6, 6.07) is 6.02. The van der Waals surface area contributed by atoms with E-state index in [2.05, 4.69) is 11.7 Å². The maximum Gasteiger partial charge on any atom is 0.305 e. The lowest BCUT2D eigenvalue weighted by atomic mass is 9.88. The summed E-state index contributed by atoms with van der Waals surface area (Å²) < 4.78 is 4.64. The number of phenols is 1. The van der Waals surface area contributed by atoms with Crippen molar-refractivity contribution in [2.75, 3.05) is 7.11 Å². The van der Waals surface area contributed by atoms with Crippen LogP contribution in [0.1, 0.15) is 69.9 Å². The molecule has 1 aliphatic rings. The first-order chi connectivity index (χ1) is 10.6. The Labute approximate surface area is 134 Å². The smallest absolute Gasteiger partial charge is 0.305 e. The van der Waals surface area contributed by atoms with E-state index >= 15 is 0 Å². The van der Waals surface area contributed by atoms with Crippen molar-refractivity contribution < 1.29 is 14.6 Å². The van der Waals surface area contributed by atoms with Gasteiger partial charge in [-0.2, -0.15) is 0 Å². The van der Waals surface area contributed by atoms with Crippen LogP contribution in [-0.2, 0) is 16.0 Å². The number of benzene rings is 1. The number of ether oxygens (including phenoxy) is 1. The lowest BCUT2D eigenvalue weighted by molar-refractivity contribution is -0.140. The molecule has 0 bridgehead atoms. The Morgan fingerprint density at radius 3 is 2.64 bits per heavy atom. The van der Waals surface area contributed by atoms with Crippen molar-refractivity contribution in [3.05, 3.63) is 29.3 Å². The number of hydrogen-bond acceptors (Lipinski definition) is 3. The fraction of sp³-hybridized carbons (Fsp3) is 0.632. The summed E-state index contributed by atoms with van der Waals surface area (Å²) in [5, 5.41) is 10.5. The Morgan fingerprint density at radius 2 is 2.05 bits per heavy atom. The van der Waals surface area contributed by atoms with Gasteiger partial charge < -0.3 is 9.84 Å². The van der Waals surface area contributed by atoms with E-state index in [0.29, 0.717) is 30.4 Å². The third kappa shape index (κ3) is 4.75. The molecule has 22 heavy (non-hydrogen) atoms. The average molecular weight is 306 g/mol. The summed E-state index contributed by atoms with van der Waals surface area (Å²) in [5.74, 6) is 1.38. The lowest BCUT2D eigenvalue weighted by Crippen LogP contribution is -2.04. The summed E-state index contributed by atoms with van der Waals surface area (Å²) in [7, 11) is 1.40. The fourth-order valence-electron chi connectivity index (χ4n) is 3.24. The molecule has 1 fully saturated rings. The molecule has 1 N–H and O–H groups in total. The van der Waals surface area contributed by atoms with E-state index in [1.54, 1.807) is 0 Å². The van der Waals surface area contributed by atoms with Crippen molar-refractivity contribution in [3.8, 4) is 5.75 Å². The SMILES string of the molecule is CC.COC(=O)CCCc1cccc([C@H]2CCCC2C)c1O. The number of hydrogen-bond donors (Lipinski definition) is 1. The van der Waals surface area contributed by atoms with Gasteiger partial charge in [-0.3, -0.25) is 4.79 Å². The number of methoxy groups -OCH3 is 1. The highest BCUT2D eigenvalue weighted by Crippen LogP contribution is 2.43. The first-order valence-electron chi connectivity index (χ1n) is 8.51. The van der Waals surface area contributed by atoms with Gasteiger partial charge in [0.1, 0.15) is 5.75 Å². The van der Waals surface area contributed by atoms with Gasteiger partial charge >= 0.3 is 5.97 Å². The number of rotatable bonds is 5. The van der Waals surface area contributed by atoms with Crippen molar-refractivity contribution in [2.45, 2.75) is 65.2 Å². The van der Waals surface area contributed by atoms with Crippen LogP contribution in [0.4, 0.5) is 0 Å². The first kappa shape index (κ1) is 18.5. The molecule has 0 amide bonds. The van der Waals surface area contributed by atoms with Crippen LogP contribution in [0.15, 0.2) is 18.2 Å². The number of para-hydroxylation sites is 1. The molecule has 124 valence electrons. The molecule has 0 heterocycles. The largest absolute Gasteiger partial charge is 0.507 e. The second-order valence-corrected chi connectivity index (χ2v) is 5.80. The molecule has 1 aliphatic carbocycles. The predicted octanol–water partition coefficient (Wildman–Crippen LogP) is 4.82. The predicted molar refractivity (Wildman–Crippen MR) is 90.2 cm³/mol. The summed E-state index contributed by atoms with van der Waals surface area (Å²) >= 11 is 0. The van der Waals surface area contributed by atoms with Crippen LogP contribution in [0, 0.1) is 5.92 Å². The molecule has 1 unspecified atom stereocenters. The molecular formula is C19H30O3. The first-order valence-corrected chi connectivity index (χ1v) is 8.51. The zero-order chi connectivity index (χ0) is 16.5. The number of phenolic OH excluding ortho intramolecular Hbond substituents is 1. The van der Waals surface area contributed by atoms with Crippen molar-refractivity contribution in [1.29, 1.82) is 0 Å². The van der Waals surface area contributed by atoms with Gasteiger partial charge in [0.05, 0.1) is 7.11 Å². The van der Waals surface area contributed by atoms with Crippen LogP contribution in [0.2, 0.25) is 0 Å². The maximum atomic E-state index is 11.1. The Bertz CT molecular complexity index is 468. The molecule has 2 atom stereocenters. The molecule has 3 nitrogen and oxygen atoms in total. The molecule has 1 aromatic carbocycles. The molecule has 0 radical (unpaired) electrons. The van der Waals surface area contributed by atoms with Gasteiger partial charge in [0.2, 0.25) is 0 Å². The van der Waals surface area contributed by atoms with Crippen LogP contribution < -0.4 is 0 Å². The van der Waals surface area contributed by atoms with Gasteiger partial charge in [-0.05, 0) is 42.2 Å². The molecular weight excluding hydrogens is 276 g/mol. The van der Waals surface area contributed by atoms with Gasteiger partial charge in [0, 0.05) is 6.42 Å². The van der Waals surface area contributed by atoms with Crippen molar-refractivity contribution in [2.24, 2.45) is 5.92 Å². The molecule has 3 heteroatoms. The average Bonchev–Trinajstić information content (AvgIpc) is 2.96. The maximum absolute atomic E-state index is 11.1. The van der Waals surface area contributed by atoms with Crippen molar-refractivity contribution in [3.63, 3.8) is 0 Å². The highest BCUT2D eigenvalue weighted by molar-refractivity contribution is 5.69. The third-order valence-electron chi connectivity index (χ3n) is 4.47. The van der Waals surface area contributed by atoms with Gasteiger partial charge in [-0.15, -0.1) is 0 Å². The molecule has 2 rings (SSSR count). The molecule has 0 aliphatic heterocycles. The monoisotopic (exact) mass is 306 g/mol. The molecule has 1 saturated carbocycles. The van der Waals surface area contributed by atoms with E-state index in [9.17, 15) is 9.90 Å². The van der Waals surface area contributed by atoms with E-state index in [4.69, 9.17) is 0 Å². The molecule has 1 aromatic rings. The molecule has 0 aromatic heterocycles. The summed E-state index contributed by atoms with van der Waals surface area (Å²) in [6.07, 6.45) is 5.49. The quantitative estimate of drug-likeness (QED) is 0.793. The van der Waals surface area contributed by atoms with E-state index in [0.717, 1.165) is 17.5 Å². The topological polar surface area (TPSA) is 46.5 Å². The van der Waals surface area contributed by atoms with Crippen LogP contribution in [0.3, 0.4) is 0 Å². The standard InChI is InChI=1S/C17H24O3.C2H6/c1-12-6-3-9-14(12)15-10-4-7-13(17(15)19)8-5-11-16(18)20-2;1-2/h4,7,10,12,14,19H,3,5-6,8-9,11H2,1-2H3;1-2H3/t12?,14-;/m0./s1. The van der Waals surface area contributed by atoms with Crippen molar-refractivity contribution >= 4 is 5.97 Å². The van der Waals surface area contributed by atoms with Gasteiger partial charge in [-0.25, -0.2) is 0 Å². The van der Waals surface area contributed by atoms with Gasteiger partial charge in [0.15, 0.2) is 0 Å². The van der Waals surface area contributed by atoms with Gasteiger partial charge in [-0.1, -0.05) is 51.8 Å². The van der Waals surface area contributed by atoms with Crippen LogP contribution >= 0.6 is 0 Å². The third-order valence-corrected chi connectivity index (χ3v) is 4.47. The highest BCUT2D eigenvalue weighted by atomic mass is 16.5.